The van der Waals surface area contributed by atoms with Gasteiger partial charge < -0.3 is 10.1 Å². The maximum absolute atomic E-state index is 13.0. The Morgan fingerprint density at radius 1 is 1.00 bits per heavy atom. The Morgan fingerprint density at radius 3 is 2.58 bits per heavy atom. The standard InChI is InChI=1S/C22H24N4O4S/c27-21(15-30-22-19-10-3-4-11-20(19)23-16-24-22)25-17-8-7-9-18(14-17)31(28,29)26-12-5-1-2-6-13-26/h3-4,7-11,14,16H,1-2,5-6,12-13,15H2,(H,25,27). The highest BCUT2D eigenvalue weighted by atomic mass is 32.2. The normalized spacial score (nSPS) is 15.4. The smallest absolute Gasteiger partial charge is 0.262 e. The van der Waals surface area contributed by atoms with Crippen molar-refractivity contribution >= 4 is 32.5 Å². The second-order valence-corrected chi connectivity index (χ2v) is 9.32. The Bertz CT molecular complexity index is 1170. The van der Waals surface area contributed by atoms with E-state index < -0.39 is 15.9 Å². The summed E-state index contributed by atoms with van der Waals surface area (Å²) >= 11 is 0. The number of anilines is 1. The van der Waals surface area contributed by atoms with E-state index in [0.29, 0.717) is 30.0 Å². The van der Waals surface area contributed by atoms with Crippen LogP contribution in [0.15, 0.2) is 59.8 Å². The lowest BCUT2D eigenvalue weighted by atomic mass is 10.2. The van der Waals surface area contributed by atoms with Gasteiger partial charge in [0.15, 0.2) is 6.61 Å². The van der Waals surface area contributed by atoms with E-state index in [-0.39, 0.29) is 11.5 Å². The summed E-state index contributed by atoms with van der Waals surface area (Å²) in [6.07, 6.45) is 5.20. The van der Waals surface area contributed by atoms with Crippen LogP contribution in [0.2, 0.25) is 0 Å². The van der Waals surface area contributed by atoms with E-state index in [1.54, 1.807) is 18.2 Å². The van der Waals surface area contributed by atoms with Crippen LogP contribution in [0.1, 0.15) is 25.7 Å². The number of ether oxygens (including phenoxy) is 1. The molecule has 0 bridgehead atoms. The zero-order valence-corrected chi connectivity index (χ0v) is 17.8. The molecule has 0 unspecified atom stereocenters. The molecule has 0 spiro atoms. The van der Waals surface area contributed by atoms with E-state index in [1.165, 1.54) is 16.7 Å². The van der Waals surface area contributed by atoms with Crippen molar-refractivity contribution in [3.05, 3.63) is 54.9 Å². The van der Waals surface area contributed by atoms with Crippen molar-refractivity contribution < 1.29 is 17.9 Å². The second kappa shape index (κ2) is 9.40. The summed E-state index contributed by atoms with van der Waals surface area (Å²) in [6.45, 7) is 0.795. The fraction of sp³-hybridized carbons (Fsp3) is 0.318. The zero-order chi connectivity index (χ0) is 21.7. The first-order valence-corrected chi connectivity index (χ1v) is 11.7. The molecule has 2 heterocycles. The molecule has 0 saturated carbocycles. The van der Waals surface area contributed by atoms with Crippen molar-refractivity contribution in [3.8, 4) is 5.88 Å². The van der Waals surface area contributed by atoms with Crippen LogP contribution < -0.4 is 10.1 Å². The lowest BCUT2D eigenvalue weighted by molar-refractivity contribution is -0.118. The molecule has 2 aromatic carbocycles. The summed E-state index contributed by atoms with van der Waals surface area (Å²) < 4.78 is 33.1. The molecule has 0 radical (unpaired) electrons. The van der Waals surface area contributed by atoms with Crippen LogP contribution >= 0.6 is 0 Å². The fourth-order valence-corrected chi connectivity index (χ4v) is 5.16. The summed E-state index contributed by atoms with van der Waals surface area (Å²) in [7, 11) is -3.59. The van der Waals surface area contributed by atoms with Gasteiger partial charge in [0.2, 0.25) is 15.9 Å². The summed E-state index contributed by atoms with van der Waals surface area (Å²) in [5, 5.41) is 3.41. The largest absolute Gasteiger partial charge is 0.467 e. The van der Waals surface area contributed by atoms with E-state index in [2.05, 4.69) is 15.3 Å². The number of hydrogen-bond acceptors (Lipinski definition) is 6. The van der Waals surface area contributed by atoms with Crippen molar-refractivity contribution in [3.63, 3.8) is 0 Å². The number of rotatable bonds is 6. The number of carbonyl (C=O) groups excluding carboxylic acids is 1. The van der Waals surface area contributed by atoms with Crippen molar-refractivity contribution in [2.24, 2.45) is 0 Å². The van der Waals surface area contributed by atoms with E-state index in [1.807, 2.05) is 24.3 Å². The minimum atomic E-state index is -3.59. The molecule has 1 N–H and O–H groups in total. The molecule has 1 amide bonds. The van der Waals surface area contributed by atoms with Crippen LogP contribution in [0.25, 0.3) is 10.9 Å². The first kappa shape index (κ1) is 21.2. The molecule has 0 aliphatic carbocycles. The van der Waals surface area contributed by atoms with Crippen LogP contribution in [0.4, 0.5) is 5.69 Å². The van der Waals surface area contributed by atoms with Crippen LogP contribution in [0.5, 0.6) is 5.88 Å². The van der Waals surface area contributed by atoms with Gasteiger partial charge in [-0.15, -0.1) is 0 Å². The Labute approximate surface area is 181 Å². The number of para-hydroxylation sites is 1. The number of aromatic nitrogens is 2. The van der Waals surface area contributed by atoms with E-state index in [0.717, 1.165) is 31.2 Å². The van der Waals surface area contributed by atoms with Crippen LogP contribution in [0, 0.1) is 0 Å². The molecule has 31 heavy (non-hydrogen) atoms. The second-order valence-electron chi connectivity index (χ2n) is 7.38. The molecule has 162 valence electrons. The summed E-state index contributed by atoms with van der Waals surface area (Å²) in [5.74, 6) is -0.0924. The molecule has 3 aromatic rings. The molecule has 1 aliphatic rings. The first-order chi connectivity index (χ1) is 15.0. The molecule has 0 atom stereocenters. The van der Waals surface area contributed by atoms with Gasteiger partial charge in [-0.25, -0.2) is 18.4 Å². The SMILES string of the molecule is O=C(COc1ncnc2ccccc12)Nc1cccc(S(=O)(=O)N2CCCCCC2)c1. The number of fused-ring (bicyclic) bond motifs is 1. The van der Waals surface area contributed by atoms with Gasteiger partial charge in [-0.1, -0.05) is 31.0 Å². The fourth-order valence-electron chi connectivity index (χ4n) is 3.59. The number of benzene rings is 2. The molecule has 1 fully saturated rings. The predicted octanol–water partition coefficient (Wildman–Crippen LogP) is 3.21. The minimum Gasteiger partial charge on any atom is -0.467 e. The highest BCUT2D eigenvalue weighted by Crippen LogP contribution is 2.23. The van der Waals surface area contributed by atoms with Gasteiger partial charge in [-0.2, -0.15) is 4.31 Å². The maximum Gasteiger partial charge on any atom is 0.262 e. The third-order valence-corrected chi connectivity index (χ3v) is 7.06. The van der Waals surface area contributed by atoms with Crippen molar-refractivity contribution in [1.82, 2.24) is 14.3 Å². The Balaban J connectivity index is 1.43. The van der Waals surface area contributed by atoms with Crippen molar-refractivity contribution in [1.29, 1.82) is 0 Å². The van der Waals surface area contributed by atoms with Crippen LogP contribution in [-0.2, 0) is 14.8 Å². The Hall–Kier alpha value is -3.04. The number of amides is 1. The summed E-state index contributed by atoms with van der Waals surface area (Å²) in [4.78, 5) is 20.8. The monoisotopic (exact) mass is 440 g/mol. The van der Waals surface area contributed by atoms with Gasteiger partial charge in [0.25, 0.3) is 5.91 Å². The maximum atomic E-state index is 13.0. The Morgan fingerprint density at radius 2 is 1.77 bits per heavy atom. The molecule has 4 rings (SSSR count). The van der Waals surface area contributed by atoms with Gasteiger partial charge in [0.1, 0.15) is 6.33 Å². The van der Waals surface area contributed by atoms with E-state index in [4.69, 9.17) is 4.74 Å². The topological polar surface area (TPSA) is 101 Å². The predicted molar refractivity (Wildman–Crippen MR) is 117 cm³/mol. The third-order valence-electron chi connectivity index (χ3n) is 5.17. The first-order valence-electron chi connectivity index (χ1n) is 10.3. The number of nitrogens with zero attached hydrogens (tertiary/aromatic N) is 3. The minimum absolute atomic E-state index is 0.176. The van der Waals surface area contributed by atoms with Gasteiger partial charge in [-0.05, 0) is 43.2 Å². The molecule has 1 aromatic heterocycles. The quantitative estimate of drug-likeness (QED) is 0.632. The highest BCUT2D eigenvalue weighted by molar-refractivity contribution is 7.89. The van der Waals surface area contributed by atoms with Gasteiger partial charge in [-0.3, -0.25) is 4.79 Å². The molecule has 1 aliphatic heterocycles. The number of nitrogens with one attached hydrogen (secondary N) is 1. The van der Waals surface area contributed by atoms with Gasteiger partial charge >= 0.3 is 0 Å². The molecular weight excluding hydrogens is 416 g/mol. The zero-order valence-electron chi connectivity index (χ0n) is 17.0. The number of sulfonamides is 1. The van der Waals surface area contributed by atoms with Gasteiger partial charge in [0.05, 0.1) is 15.8 Å². The number of hydrogen-bond donors (Lipinski definition) is 1. The van der Waals surface area contributed by atoms with Crippen LogP contribution in [-0.4, -0.2) is 48.3 Å². The average molecular weight is 441 g/mol. The Kier molecular flexibility index (Phi) is 6.43. The molecule has 9 heteroatoms. The molecule has 8 nitrogen and oxygen atoms in total. The number of carbonyl (C=O) groups is 1. The summed E-state index contributed by atoms with van der Waals surface area (Å²) in [5.41, 5.74) is 1.12. The lowest BCUT2D eigenvalue weighted by Gasteiger charge is -2.20. The van der Waals surface area contributed by atoms with E-state index in [9.17, 15) is 13.2 Å². The third kappa shape index (κ3) is 5.00. The van der Waals surface area contributed by atoms with E-state index >= 15 is 0 Å². The van der Waals surface area contributed by atoms with Gasteiger partial charge in [0, 0.05) is 18.8 Å². The van der Waals surface area contributed by atoms with Crippen molar-refractivity contribution in [2.75, 3.05) is 25.0 Å². The molecule has 1 saturated heterocycles. The lowest BCUT2D eigenvalue weighted by Crippen LogP contribution is -2.32. The average Bonchev–Trinajstić information content (AvgIpc) is 3.08. The van der Waals surface area contributed by atoms with Crippen LogP contribution in [0.3, 0.4) is 0 Å². The highest BCUT2D eigenvalue weighted by Gasteiger charge is 2.25. The van der Waals surface area contributed by atoms with Crippen molar-refractivity contribution in [2.45, 2.75) is 30.6 Å². The summed E-state index contributed by atoms with van der Waals surface area (Å²) in [6, 6.07) is 13.7. The molecular formula is C22H24N4O4S.